The molecule has 0 saturated carbocycles. The highest BCUT2D eigenvalue weighted by molar-refractivity contribution is 5.44. The maximum Gasteiger partial charge on any atom is 0.197 e. The van der Waals surface area contributed by atoms with Crippen LogP contribution in [0.2, 0.25) is 0 Å². The van der Waals surface area contributed by atoms with Gasteiger partial charge in [0.2, 0.25) is 0 Å². The SMILES string of the molecule is COc1ccc(CCN2CCC(CCOc3ccccc3)CC2)c(F)c1OC. The topological polar surface area (TPSA) is 30.9 Å². The lowest BCUT2D eigenvalue weighted by Crippen LogP contribution is -2.35. The number of piperidine rings is 1. The first-order valence-electron chi connectivity index (χ1n) is 10.0. The van der Waals surface area contributed by atoms with Crippen LogP contribution in [-0.4, -0.2) is 45.4 Å². The normalized spacial score (nSPS) is 15.4. The summed E-state index contributed by atoms with van der Waals surface area (Å²) in [6.45, 7) is 3.75. The summed E-state index contributed by atoms with van der Waals surface area (Å²) in [5.74, 6) is 1.96. The lowest BCUT2D eigenvalue weighted by Gasteiger charge is -2.32. The highest BCUT2D eigenvalue weighted by Crippen LogP contribution is 2.32. The largest absolute Gasteiger partial charge is 0.494 e. The van der Waals surface area contributed by atoms with Crippen LogP contribution in [0.5, 0.6) is 17.2 Å². The zero-order valence-corrected chi connectivity index (χ0v) is 16.8. The van der Waals surface area contributed by atoms with Crippen molar-refractivity contribution in [2.24, 2.45) is 5.92 Å². The van der Waals surface area contributed by atoms with Crippen LogP contribution in [0.25, 0.3) is 0 Å². The van der Waals surface area contributed by atoms with E-state index in [2.05, 4.69) is 4.90 Å². The lowest BCUT2D eigenvalue weighted by atomic mass is 9.93. The molecule has 5 heteroatoms. The Labute approximate surface area is 167 Å². The fraction of sp³-hybridized carbons (Fsp3) is 0.478. The van der Waals surface area contributed by atoms with Crippen LogP contribution in [0.15, 0.2) is 42.5 Å². The Hall–Kier alpha value is -2.27. The Bertz CT molecular complexity index is 730. The van der Waals surface area contributed by atoms with Crippen LogP contribution in [0.1, 0.15) is 24.8 Å². The third kappa shape index (κ3) is 5.38. The molecule has 0 radical (unpaired) electrons. The van der Waals surface area contributed by atoms with Gasteiger partial charge in [-0.05, 0) is 68.5 Å². The van der Waals surface area contributed by atoms with Gasteiger partial charge < -0.3 is 19.1 Å². The van der Waals surface area contributed by atoms with Gasteiger partial charge in [0.1, 0.15) is 5.75 Å². The van der Waals surface area contributed by atoms with Gasteiger partial charge in [0.05, 0.1) is 20.8 Å². The van der Waals surface area contributed by atoms with Gasteiger partial charge in [-0.2, -0.15) is 0 Å². The number of halogens is 1. The van der Waals surface area contributed by atoms with E-state index < -0.39 is 0 Å². The third-order valence-corrected chi connectivity index (χ3v) is 5.51. The highest BCUT2D eigenvalue weighted by atomic mass is 19.1. The van der Waals surface area contributed by atoms with Crippen LogP contribution in [0.4, 0.5) is 4.39 Å². The number of benzene rings is 2. The molecule has 0 N–H and O–H groups in total. The molecule has 1 aliphatic heterocycles. The summed E-state index contributed by atoms with van der Waals surface area (Å²) >= 11 is 0. The van der Waals surface area contributed by atoms with E-state index in [1.807, 2.05) is 30.3 Å². The number of ether oxygens (including phenoxy) is 3. The Morgan fingerprint density at radius 2 is 1.75 bits per heavy atom. The minimum atomic E-state index is -0.310. The van der Waals surface area contributed by atoms with Crippen molar-refractivity contribution >= 4 is 0 Å². The molecule has 3 rings (SSSR count). The van der Waals surface area contributed by atoms with Gasteiger partial charge in [-0.15, -0.1) is 0 Å². The first-order chi connectivity index (χ1) is 13.7. The first-order valence-corrected chi connectivity index (χ1v) is 10.0. The molecule has 1 saturated heterocycles. The second-order valence-corrected chi connectivity index (χ2v) is 7.26. The number of likely N-dealkylation sites (tertiary alicyclic amines) is 1. The lowest BCUT2D eigenvalue weighted by molar-refractivity contribution is 0.164. The molecule has 152 valence electrons. The molecule has 2 aromatic carbocycles. The Morgan fingerprint density at radius 1 is 1.00 bits per heavy atom. The predicted molar refractivity (Wildman–Crippen MR) is 109 cm³/mol. The van der Waals surface area contributed by atoms with Crippen LogP contribution in [0.3, 0.4) is 0 Å². The number of rotatable bonds is 9. The van der Waals surface area contributed by atoms with Crippen molar-refractivity contribution in [3.8, 4) is 17.2 Å². The van der Waals surface area contributed by atoms with Crippen molar-refractivity contribution in [3.05, 3.63) is 53.8 Å². The van der Waals surface area contributed by atoms with E-state index in [4.69, 9.17) is 14.2 Å². The summed E-state index contributed by atoms with van der Waals surface area (Å²) in [4.78, 5) is 2.42. The quantitative estimate of drug-likeness (QED) is 0.631. The summed E-state index contributed by atoms with van der Waals surface area (Å²) in [5.41, 5.74) is 0.677. The van der Waals surface area contributed by atoms with E-state index >= 15 is 0 Å². The molecular formula is C23H30FNO3. The molecule has 0 aliphatic carbocycles. The van der Waals surface area contributed by atoms with Crippen molar-refractivity contribution in [2.45, 2.75) is 25.7 Å². The van der Waals surface area contributed by atoms with Crippen molar-refractivity contribution < 1.29 is 18.6 Å². The fourth-order valence-corrected chi connectivity index (χ4v) is 3.76. The van der Waals surface area contributed by atoms with E-state index in [-0.39, 0.29) is 11.6 Å². The molecule has 2 aromatic rings. The third-order valence-electron chi connectivity index (χ3n) is 5.51. The summed E-state index contributed by atoms with van der Waals surface area (Å²) in [5, 5.41) is 0. The molecular weight excluding hydrogens is 357 g/mol. The minimum absolute atomic E-state index is 0.192. The van der Waals surface area contributed by atoms with Crippen molar-refractivity contribution in [2.75, 3.05) is 40.5 Å². The van der Waals surface area contributed by atoms with Gasteiger partial charge in [-0.3, -0.25) is 0 Å². The Morgan fingerprint density at radius 3 is 2.43 bits per heavy atom. The Kier molecular flexibility index (Phi) is 7.54. The van der Waals surface area contributed by atoms with E-state index in [1.165, 1.54) is 27.1 Å². The van der Waals surface area contributed by atoms with Crippen molar-refractivity contribution in [1.29, 1.82) is 0 Å². The van der Waals surface area contributed by atoms with E-state index in [0.29, 0.717) is 23.7 Å². The average Bonchev–Trinajstić information content (AvgIpc) is 2.74. The second-order valence-electron chi connectivity index (χ2n) is 7.26. The molecule has 1 fully saturated rings. The zero-order chi connectivity index (χ0) is 19.8. The molecule has 1 aliphatic rings. The predicted octanol–water partition coefficient (Wildman–Crippen LogP) is 4.57. The molecule has 0 unspecified atom stereocenters. The van der Waals surface area contributed by atoms with Crippen LogP contribution >= 0.6 is 0 Å². The molecule has 4 nitrogen and oxygen atoms in total. The maximum atomic E-state index is 14.6. The van der Waals surface area contributed by atoms with E-state index in [0.717, 1.165) is 38.4 Å². The molecule has 0 aromatic heterocycles. The minimum Gasteiger partial charge on any atom is -0.494 e. The summed E-state index contributed by atoms with van der Waals surface area (Å²) in [7, 11) is 2.99. The molecule has 0 spiro atoms. The number of hydrogen-bond donors (Lipinski definition) is 0. The second kappa shape index (κ2) is 10.3. The number of methoxy groups -OCH3 is 2. The molecule has 0 amide bonds. The molecule has 0 bridgehead atoms. The van der Waals surface area contributed by atoms with Gasteiger partial charge in [-0.1, -0.05) is 24.3 Å². The van der Waals surface area contributed by atoms with E-state index in [1.54, 1.807) is 12.1 Å². The maximum absolute atomic E-state index is 14.6. The summed E-state index contributed by atoms with van der Waals surface area (Å²) < 4.78 is 30.7. The van der Waals surface area contributed by atoms with Gasteiger partial charge >= 0.3 is 0 Å². The number of hydrogen-bond acceptors (Lipinski definition) is 4. The summed E-state index contributed by atoms with van der Waals surface area (Å²) in [6, 6.07) is 13.5. The van der Waals surface area contributed by atoms with Gasteiger partial charge in [0, 0.05) is 6.54 Å². The highest BCUT2D eigenvalue weighted by Gasteiger charge is 2.20. The average molecular weight is 387 g/mol. The molecule has 28 heavy (non-hydrogen) atoms. The molecule has 0 atom stereocenters. The Balaban J connectivity index is 1.40. The van der Waals surface area contributed by atoms with E-state index in [9.17, 15) is 4.39 Å². The zero-order valence-electron chi connectivity index (χ0n) is 16.8. The van der Waals surface area contributed by atoms with Crippen LogP contribution in [0, 0.1) is 11.7 Å². The van der Waals surface area contributed by atoms with Gasteiger partial charge in [0.15, 0.2) is 17.3 Å². The van der Waals surface area contributed by atoms with Crippen molar-refractivity contribution in [1.82, 2.24) is 4.90 Å². The summed E-state index contributed by atoms with van der Waals surface area (Å²) in [6.07, 6.45) is 4.11. The van der Waals surface area contributed by atoms with Crippen LogP contribution in [-0.2, 0) is 6.42 Å². The van der Waals surface area contributed by atoms with Crippen LogP contribution < -0.4 is 14.2 Å². The number of para-hydroxylation sites is 1. The number of nitrogens with zero attached hydrogens (tertiary/aromatic N) is 1. The monoisotopic (exact) mass is 387 g/mol. The standard InChI is InChI=1S/C23H30FNO3/c1-26-21-9-8-19(22(24)23(21)27-2)12-16-25-14-10-18(11-15-25)13-17-28-20-6-4-3-5-7-20/h3-9,18H,10-17H2,1-2H3. The van der Waals surface area contributed by atoms with Gasteiger partial charge in [-0.25, -0.2) is 4.39 Å². The fourth-order valence-electron chi connectivity index (χ4n) is 3.76. The smallest absolute Gasteiger partial charge is 0.197 e. The molecule has 1 heterocycles. The van der Waals surface area contributed by atoms with Gasteiger partial charge in [0.25, 0.3) is 0 Å². The van der Waals surface area contributed by atoms with Crippen molar-refractivity contribution in [3.63, 3.8) is 0 Å². The first kappa shape index (κ1) is 20.5.